The van der Waals surface area contributed by atoms with Crippen LogP contribution < -0.4 is 0 Å². The summed E-state index contributed by atoms with van der Waals surface area (Å²) in [6.07, 6.45) is 1.00. The van der Waals surface area contributed by atoms with Gasteiger partial charge in [-0.3, -0.25) is 4.79 Å². The van der Waals surface area contributed by atoms with E-state index in [9.17, 15) is 4.79 Å². The number of aromatic nitrogens is 2. The van der Waals surface area contributed by atoms with Crippen LogP contribution in [0.5, 0.6) is 0 Å². The molecule has 1 aromatic heterocycles. The molecule has 1 rings (SSSR count). The summed E-state index contributed by atoms with van der Waals surface area (Å²) in [4.78, 5) is 14.3. The van der Waals surface area contributed by atoms with Crippen molar-refractivity contribution >= 4 is 5.91 Å². The highest BCUT2D eigenvalue weighted by Crippen LogP contribution is 2.13. The monoisotopic (exact) mass is 260 g/mol. The number of nitriles is 1. The second-order valence-electron chi connectivity index (χ2n) is 4.70. The van der Waals surface area contributed by atoms with E-state index in [2.05, 4.69) is 16.3 Å². The molecule has 0 aliphatic heterocycles. The van der Waals surface area contributed by atoms with Crippen molar-refractivity contribution in [2.24, 2.45) is 0 Å². The van der Waals surface area contributed by atoms with Crippen LogP contribution in [0.4, 0.5) is 0 Å². The van der Waals surface area contributed by atoms with Crippen LogP contribution in [-0.2, 0) is 6.42 Å². The third-order valence-corrected chi connectivity index (χ3v) is 2.91. The van der Waals surface area contributed by atoms with Crippen molar-refractivity contribution < 1.29 is 4.79 Å². The lowest BCUT2D eigenvalue weighted by Crippen LogP contribution is -2.38. The third-order valence-electron chi connectivity index (χ3n) is 2.91. The van der Waals surface area contributed by atoms with Gasteiger partial charge in [0.25, 0.3) is 5.91 Å². The van der Waals surface area contributed by atoms with Crippen molar-refractivity contribution in [3.05, 3.63) is 23.0 Å². The Labute approximate surface area is 114 Å². The quantitative estimate of drug-likeness (QED) is 0.813. The molecule has 0 aromatic carbocycles. The van der Waals surface area contributed by atoms with E-state index in [0.29, 0.717) is 30.6 Å². The summed E-state index contributed by atoms with van der Waals surface area (Å²) in [5, 5.41) is 16.7. The summed E-state index contributed by atoms with van der Waals surface area (Å²) in [6.45, 7) is 8.10. The number of carbonyl (C=O) groups is 1. The lowest BCUT2D eigenvalue weighted by Gasteiger charge is -2.26. The smallest absolute Gasteiger partial charge is 0.256 e. The van der Waals surface area contributed by atoms with E-state index in [-0.39, 0.29) is 11.9 Å². The number of rotatable bonds is 5. The first-order chi connectivity index (χ1) is 9.01. The first kappa shape index (κ1) is 15.1. The van der Waals surface area contributed by atoms with E-state index < -0.39 is 0 Å². The SMILES string of the molecule is CCc1nnc(C)cc1C(=O)N(CCC#N)C(C)C. The van der Waals surface area contributed by atoms with E-state index in [0.717, 1.165) is 5.69 Å². The third kappa shape index (κ3) is 3.75. The van der Waals surface area contributed by atoms with Crippen molar-refractivity contribution in [3.8, 4) is 6.07 Å². The molecule has 0 spiro atoms. The molecule has 0 aliphatic rings. The molecular formula is C14H20N4O. The zero-order valence-corrected chi connectivity index (χ0v) is 12.0. The van der Waals surface area contributed by atoms with E-state index in [4.69, 9.17) is 5.26 Å². The zero-order chi connectivity index (χ0) is 14.4. The Morgan fingerprint density at radius 1 is 1.47 bits per heavy atom. The molecular weight excluding hydrogens is 240 g/mol. The van der Waals surface area contributed by atoms with Gasteiger partial charge in [-0.05, 0) is 33.3 Å². The highest BCUT2D eigenvalue weighted by atomic mass is 16.2. The van der Waals surface area contributed by atoms with Crippen LogP contribution in [-0.4, -0.2) is 33.6 Å². The minimum atomic E-state index is -0.0694. The predicted molar refractivity (Wildman–Crippen MR) is 72.5 cm³/mol. The van der Waals surface area contributed by atoms with Crippen molar-refractivity contribution in [1.82, 2.24) is 15.1 Å². The molecule has 0 saturated heterocycles. The molecule has 1 aromatic rings. The highest BCUT2D eigenvalue weighted by molar-refractivity contribution is 5.95. The Balaban J connectivity index is 3.09. The summed E-state index contributed by atoms with van der Waals surface area (Å²) < 4.78 is 0. The normalized spacial score (nSPS) is 10.3. The molecule has 0 N–H and O–H groups in total. The maximum atomic E-state index is 12.6. The first-order valence-corrected chi connectivity index (χ1v) is 6.52. The van der Waals surface area contributed by atoms with Crippen molar-refractivity contribution in [2.75, 3.05) is 6.54 Å². The van der Waals surface area contributed by atoms with E-state index in [1.807, 2.05) is 27.7 Å². The molecule has 5 nitrogen and oxygen atoms in total. The number of nitrogens with zero attached hydrogens (tertiary/aromatic N) is 4. The number of amides is 1. The van der Waals surface area contributed by atoms with Crippen molar-refractivity contribution in [2.45, 2.75) is 46.6 Å². The Morgan fingerprint density at radius 2 is 2.16 bits per heavy atom. The zero-order valence-electron chi connectivity index (χ0n) is 12.0. The maximum Gasteiger partial charge on any atom is 0.256 e. The fraction of sp³-hybridized carbons (Fsp3) is 0.571. The van der Waals surface area contributed by atoms with Crippen LogP contribution in [0.15, 0.2) is 6.07 Å². The van der Waals surface area contributed by atoms with Crippen LogP contribution in [0.1, 0.15) is 48.9 Å². The predicted octanol–water partition coefficient (Wildman–Crippen LogP) is 2.11. The lowest BCUT2D eigenvalue weighted by molar-refractivity contribution is 0.0708. The van der Waals surface area contributed by atoms with Crippen molar-refractivity contribution in [1.29, 1.82) is 5.26 Å². The topological polar surface area (TPSA) is 69.9 Å². The van der Waals surface area contributed by atoms with Gasteiger partial charge in [0.05, 0.1) is 29.4 Å². The Kier molecular flexibility index (Phi) is 5.43. The highest BCUT2D eigenvalue weighted by Gasteiger charge is 2.21. The Morgan fingerprint density at radius 3 is 2.68 bits per heavy atom. The van der Waals surface area contributed by atoms with Gasteiger partial charge in [-0.1, -0.05) is 6.92 Å². The average molecular weight is 260 g/mol. The van der Waals surface area contributed by atoms with Gasteiger partial charge in [-0.2, -0.15) is 15.5 Å². The van der Waals surface area contributed by atoms with Gasteiger partial charge < -0.3 is 4.90 Å². The molecule has 0 bridgehead atoms. The summed E-state index contributed by atoms with van der Waals surface area (Å²) >= 11 is 0. The molecule has 0 atom stereocenters. The summed E-state index contributed by atoms with van der Waals surface area (Å²) in [5.41, 5.74) is 2.03. The fourth-order valence-electron chi connectivity index (χ4n) is 1.88. The number of hydrogen-bond donors (Lipinski definition) is 0. The number of hydrogen-bond acceptors (Lipinski definition) is 4. The minimum Gasteiger partial charge on any atom is -0.335 e. The number of carbonyl (C=O) groups excluding carboxylic acids is 1. The van der Waals surface area contributed by atoms with E-state index in [1.165, 1.54) is 0 Å². The second-order valence-corrected chi connectivity index (χ2v) is 4.70. The van der Waals surface area contributed by atoms with Gasteiger partial charge in [0.1, 0.15) is 0 Å². The Hall–Kier alpha value is -1.96. The van der Waals surface area contributed by atoms with E-state index in [1.54, 1.807) is 11.0 Å². The first-order valence-electron chi connectivity index (χ1n) is 6.52. The summed E-state index contributed by atoms with van der Waals surface area (Å²) in [7, 11) is 0. The van der Waals surface area contributed by atoms with E-state index >= 15 is 0 Å². The van der Waals surface area contributed by atoms with Gasteiger partial charge >= 0.3 is 0 Å². The Bertz CT molecular complexity index is 491. The minimum absolute atomic E-state index is 0.0547. The molecule has 1 amide bonds. The molecule has 19 heavy (non-hydrogen) atoms. The number of aryl methyl sites for hydroxylation is 2. The summed E-state index contributed by atoms with van der Waals surface area (Å²) in [5.74, 6) is -0.0694. The molecule has 0 aliphatic carbocycles. The second kappa shape index (κ2) is 6.83. The van der Waals surface area contributed by atoms with Crippen LogP contribution >= 0.6 is 0 Å². The van der Waals surface area contributed by atoms with Gasteiger partial charge in [0, 0.05) is 12.6 Å². The maximum absolute atomic E-state index is 12.6. The van der Waals surface area contributed by atoms with Crippen molar-refractivity contribution in [3.63, 3.8) is 0 Å². The molecule has 0 radical (unpaired) electrons. The van der Waals surface area contributed by atoms with Gasteiger partial charge in [-0.15, -0.1) is 0 Å². The summed E-state index contributed by atoms with van der Waals surface area (Å²) in [6, 6.07) is 3.91. The van der Waals surface area contributed by atoms with Crippen LogP contribution in [0.3, 0.4) is 0 Å². The standard InChI is InChI=1S/C14H20N4O/c1-5-13-12(9-11(4)16-17-13)14(19)18(10(2)3)8-6-7-15/h9-10H,5-6,8H2,1-4H3. The molecule has 0 saturated carbocycles. The molecule has 0 unspecified atom stereocenters. The van der Waals surface area contributed by atoms with Crippen LogP contribution in [0, 0.1) is 18.3 Å². The van der Waals surface area contributed by atoms with Gasteiger partial charge in [-0.25, -0.2) is 0 Å². The molecule has 1 heterocycles. The molecule has 102 valence electrons. The van der Waals surface area contributed by atoms with Gasteiger partial charge in [0.2, 0.25) is 0 Å². The fourth-order valence-corrected chi connectivity index (χ4v) is 1.88. The van der Waals surface area contributed by atoms with Crippen LogP contribution in [0.2, 0.25) is 0 Å². The van der Waals surface area contributed by atoms with Gasteiger partial charge in [0.15, 0.2) is 0 Å². The molecule has 5 heteroatoms. The largest absolute Gasteiger partial charge is 0.335 e. The molecule has 0 fully saturated rings. The van der Waals surface area contributed by atoms with Crippen LogP contribution in [0.25, 0.3) is 0 Å². The average Bonchev–Trinajstić information content (AvgIpc) is 2.38. The lowest BCUT2D eigenvalue weighted by atomic mass is 10.1.